The summed E-state index contributed by atoms with van der Waals surface area (Å²) in [5, 5.41) is 4.24. The minimum Gasteiger partial charge on any atom is -0.330 e. The van der Waals surface area contributed by atoms with Crippen molar-refractivity contribution in [2.24, 2.45) is 5.92 Å². The standard InChI is InChI=1S/C19H21N3O2S/c23-17(15-2-1-9-22(15)19(24)12-5-6-12)20-13-7-8-14-16(10-13)25-18(21-14)11-3-4-11/h7-8,10-12,15H,1-6,9H2,(H,20,23)/t15-/m0/s1. The molecule has 2 aliphatic carbocycles. The highest BCUT2D eigenvalue weighted by Gasteiger charge is 2.40. The average molecular weight is 355 g/mol. The van der Waals surface area contributed by atoms with Gasteiger partial charge in [-0.15, -0.1) is 11.3 Å². The molecule has 2 saturated carbocycles. The molecule has 0 unspecified atom stereocenters. The van der Waals surface area contributed by atoms with Gasteiger partial charge in [-0.2, -0.15) is 0 Å². The van der Waals surface area contributed by atoms with Crippen molar-refractivity contribution in [2.45, 2.75) is 50.5 Å². The van der Waals surface area contributed by atoms with Gasteiger partial charge in [-0.1, -0.05) is 0 Å². The zero-order chi connectivity index (χ0) is 17.0. The first-order valence-corrected chi connectivity index (χ1v) is 10.0. The molecule has 130 valence electrons. The van der Waals surface area contributed by atoms with E-state index in [1.54, 1.807) is 16.2 Å². The summed E-state index contributed by atoms with van der Waals surface area (Å²) in [4.78, 5) is 31.6. The van der Waals surface area contributed by atoms with Crippen LogP contribution in [0.5, 0.6) is 0 Å². The van der Waals surface area contributed by atoms with E-state index in [9.17, 15) is 9.59 Å². The molecular formula is C19H21N3O2S. The molecule has 1 aromatic heterocycles. The molecule has 1 atom stereocenters. The number of thiazole rings is 1. The highest BCUT2D eigenvalue weighted by atomic mass is 32.1. The number of rotatable bonds is 4. The average Bonchev–Trinajstić information content (AvgIpc) is 3.53. The van der Waals surface area contributed by atoms with Crippen molar-refractivity contribution in [3.8, 4) is 0 Å². The molecule has 2 amide bonds. The molecule has 1 aliphatic heterocycles. The van der Waals surface area contributed by atoms with Crippen molar-refractivity contribution in [3.63, 3.8) is 0 Å². The Morgan fingerprint density at radius 2 is 2.00 bits per heavy atom. The van der Waals surface area contributed by atoms with Gasteiger partial charge in [0.25, 0.3) is 0 Å². The Balaban J connectivity index is 1.32. The zero-order valence-electron chi connectivity index (χ0n) is 14.0. The number of fused-ring (bicyclic) bond motifs is 1. The van der Waals surface area contributed by atoms with E-state index < -0.39 is 0 Å². The van der Waals surface area contributed by atoms with Crippen LogP contribution in [0.4, 0.5) is 5.69 Å². The second kappa shape index (κ2) is 5.80. The molecule has 3 aliphatic rings. The fraction of sp³-hybridized carbons (Fsp3) is 0.526. The molecule has 3 fully saturated rings. The highest BCUT2D eigenvalue weighted by Crippen LogP contribution is 2.43. The third-order valence-electron chi connectivity index (χ3n) is 5.36. The van der Waals surface area contributed by atoms with Crippen molar-refractivity contribution in [2.75, 3.05) is 11.9 Å². The summed E-state index contributed by atoms with van der Waals surface area (Å²) < 4.78 is 1.12. The van der Waals surface area contributed by atoms with E-state index in [0.29, 0.717) is 12.5 Å². The lowest BCUT2D eigenvalue weighted by molar-refractivity contribution is -0.137. The maximum absolute atomic E-state index is 12.7. The number of hydrogen-bond donors (Lipinski definition) is 1. The molecule has 1 saturated heterocycles. The minimum atomic E-state index is -0.313. The van der Waals surface area contributed by atoms with Crippen LogP contribution in [-0.2, 0) is 9.59 Å². The lowest BCUT2D eigenvalue weighted by Crippen LogP contribution is -2.43. The number of carbonyl (C=O) groups excluding carboxylic acids is 2. The highest BCUT2D eigenvalue weighted by molar-refractivity contribution is 7.18. The first kappa shape index (κ1) is 15.3. The smallest absolute Gasteiger partial charge is 0.247 e. The van der Waals surface area contributed by atoms with Gasteiger partial charge in [-0.3, -0.25) is 9.59 Å². The number of nitrogens with zero attached hydrogens (tertiary/aromatic N) is 2. The van der Waals surface area contributed by atoms with Gasteiger partial charge in [0.2, 0.25) is 11.8 Å². The first-order valence-electron chi connectivity index (χ1n) is 9.21. The number of likely N-dealkylation sites (tertiary alicyclic amines) is 1. The number of aromatic nitrogens is 1. The summed E-state index contributed by atoms with van der Waals surface area (Å²) >= 11 is 1.73. The first-order chi connectivity index (χ1) is 12.2. The Labute approximate surface area is 150 Å². The summed E-state index contributed by atoms with van der Waals surface area (Å²) in [5.41, 5.74) is 1.81. The molecule has 25 heavy (non-hydrogen) atoms. The van der Waals surface area contributed by atoms with Crippen molar-refractivity contribution in [1.82, 2.24) is 9.88 Å². The number of benzene rings is 1. The van der Waals surface area contributed by atoms with Gasteiger partial charge in [-0.25, -0.2) is 4.98 Å². The fourth-order valence-corrected chi connectivity index (χ4v) is 4.79. The van der Waals surface area contributed by atoms with Crippen LogP contribution in [-0.4, -0.2) is 34.3 Å². The van der Waals surface area contributed by atoms with Crippen LogP contribution in [0.25, 0.3) is 10.2 Å². The van der Waals surface area contributed by atoms with Gasteiger partial charge in [0.05, 0.1) is 15.2 Å². The van der Waals surface area contributed by atoms with Crippen molar-refractivity contribution in [1.29, 1.82) is 0 Å². The van der Waals surface area contributed by atoms with Crippen LogP contribution in [0.3, 0.4) is 0 Å². The molecule has 0 spiro atoms. The lowest BCUT2D eigenvalue weighted by Gasteiger charge is -2.24. The maximum atomic E-state index is 12.7. The third-order valence-corrected chi connectivity index (χ3v) is 6.54. The summed E-state index contributed by atoms with van der Waals surface area (Å²) in [5.74, 6) is 0.932. The van der Waals surface area contributed by atoms with E-state index >= 15 is 0 Å². The topological polar surface area (TPSA) is 62.3 Å². The fourth-order valence-electron chi connectivity index (χ4n) is 3.62. The molecule has 0 radical (unpaired) electrons. The SMILES string of the molecule is O=C(Nc1ccc2nc(C3CC3)sc2c1)[C@@H]1CCCN1C(=O)C1CC1. The zero-order valence-corrected chi connectivity index (χ0v) is 14.8. The van der Waals surface area contributed by atoms with Crippen molar-refractivity contribution in [3.05, 3.63) is 23.2 Å². The second-order valence-corrected chi connectivity index (χ2v) is 8.52. The molecule has 1 N–H and O–H groups in total. The second-order valence-electron chi connectivity index (χ2n) is 7.46. The Morgan fingerprint density at radius 3 is 2.76 bits per heavy atom. The molecule has 0 bridgehead atoms. The van der Waals surface area contributed by atoms with Crippen LogP contribution in [0.1, 0.15) is 49.5 Å². The number of anilines is 1. The number of hydrogen-bond acceptors (Lipinski definition) is 4. The van der Waals surface area contributed by atoms with Crippen molar-refractivity contribution < 1.29 is 9.59 Å². The quantitative estimate of drug-likeness (QED) is 0.913. The van der Waals surface area contributed by atoms with Gasteiger partial charge in [0, 0.05) is 24.1 Å². The lowest BCUT2D eigenvalue weighted by atomic mass is 10.2. The van der Waals surface area contributed by atoms with Gasteiger partial charge in [0.1, 0.15) is 6.04 Å². The molecule has 1 aromatic carbocycles. The molecule has 2 heterocycles. The number of amides is 2. The van der Waals surface area contributed by atoms with Crippen LogP contribution < -0.4 is 5.32 Å². The van der Waals surface area contributed by atoms with E-state index in [-0.39, 0.29) is 23.8 Å². The predicted molar refractivity (Wildman–Crippen MR) is 97.7 cm³/mol. The summed E-state index contributed by atoms with van der Waals surface area (Å²) in [6.07, 6.45) is 6.13. The van der Waals surface area contributed by atoms with Gasteiger partial charge >= 0.3 is 0 Å². The van der Waals surface area contributed by atoms with Crippen LogP contribution in [0, 0.1) is 5.92 Å². The summed E-state index contributed by atoms with van der Waals surface area (Å²) in [6, 6.07) is 5.60. The number of carbonyl (C=O) groups is 2. The van der Waals surface area contributed by atoms with Crippen molar-refractivity contribution >= 4 is 39.1 Å². The van der Waals surface area contributed by atoms with Crippen LogP contribution in [0.2, 0.25) is 0 Å². The molecular weight excluding hydrogens is 334 g/mol. The molecule has 6 heteroatoms. The summed E-state index contributed by atoms with van der Waals surface area (Å²) in [6.45, 7) is 0.714. The molecule has 5 nitrogen and oxygen atoms in total. The monoisotopic (exact) mass is 355 g/mol. The van der Waals surface area contributed by atoms with Crippen LogP contribution in [0.15, 0.2) is 18.2 Å². The van der Waals surface area contributed by atoms with Gasteiger partial charge in [-0.05, 0) is 56.7 Å². The van der Waals surface area contributed by atoms with E-state index in [1.165, 1.54) is 17.8 Å². The van der Waals surface area contributed by atoms with E-state index in [1.807, 2.05) is 18.2 Å². The van der Waals surface area contributed by atoms with Crippen LogP contribution >= 0.6 is 11.3 Å². The van der Waals surface area contributed by atoms with Gasteiger partial charge in [0.15, 0.2) is 0 Å². The Morgan fingerprint density at radius 1 is 1.16 bits per heavy atom. The predicted octanol–water partition coefficient (Wildman–Crippen LogP) is 3.51. The Kier molecular flexibility index (Phi) is 3.55. The maximum Gasteiger partial charge on any atom is 0.247 e. The third kappa shape index (κ3) is 2.92. The minimum absolute atomic E-state index is 0.0576. The van der Waals surface area contributed by atoms with E-state index in [0.717, 1.165) is 41.6 Å². The van der Waals surface area contributed by atoms with E-state index in [2.05, 4.69) is 10.3 Å². The number of nitrogens with one attached hydrogen (secondary N) is 1. The molecule has 5 rings (SSSR count). The summed E-state index contributed by atoms with van der Waals surface area (Å²) in [7, 11) is 0. The normalized spacial score (nSPS) is 23.2. The Hall–Kier alpha value is -1.95. The van der Waals surface area contributed by atoms with Gasteiger partial charge < -0.3 is 10.2 Å². The Bertz CT molecular complexity index is 853. The molecule has 2 aromatic rings. The van der Waals surface area contributed by atoms with E-state index in [4.69, 9.17) is 0 Å². The largest absolute Gasteiger partial charge is 0.330 e.